The number of benzene rings is 2. The first-order valence-corrected chi connectivity index (χ1v) is 11.4. The summed E-state index contributed by atoms with van der Waals surface area (Å²) in [5.74, 6) is -0.195. The van der Waals surface area contributed by atoms with Gasteiger partial charge in [0.1, 0.15) is 5.82 Å². The van der Waals surface area contributed by atoms with Crippen LogP contribution in [0.25, 0.3) is 5.69 Å². The number of rotatable bonds is 7. The summed E-state index contributed by atoms with van der Waals surface area (Å²) in [4.78, 5) is 2.48. The van der Waals surface area contributed by atoms with Crippen LogP contribution in [0.1, 0.15) is 36.8 Å². The molecule has 5 heteroatoms. The number of halogens is 1. The van der Waals surface area contributed by atoms with E-state index in [2.05, 4.69) is 40.3 Å². The highest BCUT2D eigenvalue weighted by molar-refractivity contribution is 5.40. The SMILES string of the molecule is Fc1ccc(-n2cccn2)c(CN2CCC(CCc3ccccc3)(C3CCCO3)C2)c1. The Morgan fingerprint density at radius 2 is 2.03 bits per heavy atom. The van der Waals surface area contributed by atoms with Gasteiger partial charge in [-0.15, -0.1) is 0 Å². The van der Waals surface area contributed by atoms with Crippen LogP contribution in [-0.2, 0) is 17.7 Å². The molecule has 3 heterocycles. The first-order valence-electron chi connectivity index (χ1n) is 11.4. The van der Waals surface area contributed by atoms with E-state index < -0.39 is 0 Å². The average molecular weight is 420 g/mol. The van der Waals surface area contributed by atoms with Gasteiger partial charge in [-0.25, -0.2) is 9.07 Å². The van der Waals surface area contributed by atoms with Crippen LogP contribution in [0.15, 0.2) is 67.0 Å². The molecule has 0 amide bonds. The van der Waals surface area contributed by atoms with E-state index in [9.17, 15) is 4.39 Å². The molecule has 2 atom stereocenters. The Morgan fingerprint density at radius 1 is 1.13 bits per heavy atom. The Hall–Kier alpha value is -2.50. The Bertz CT molecular complexity index is 985. The van der Waals surface area contributed by atoms with E-state index in [1.807, 2.05) is 23.0 Å². The van der Waals surface area contributed by atoms with Gasteiger partial charge in [-0.3, -0.25) is 4.90 Å². The molecule has 31 heavy (non-hydrogen) atoms. The molecule has 5 rings (SSSR count). The average Bonchev–Trinajstić information content (AvgIpc) is 3.56. The maximum atomic E-state index is 14.1. The topological polar surface area (TPSA) is 30.3 Å². The fraction of sp³-hybridized carbons (Fsp3) is 0.423. The zero-order chi connectivity index (χ0) is 21.1. The summed E-state index contributed by atoms with van der Waals surface area (Å²) in [6.07, 6.45) is 9.66. The molecule has 0 radical (unpaired) electrons. The van der Waals surface area contributed by atoms with E-state index in [4.69, 9.17) is 4.74 Å². The van der Waals surface area contributed by atoms with Gasteiger partial charge in [-0.2, -0.15) is 5.10 Å². The summed E-state index contributed by atoms with van der Waals surface area (Å²) in [5, 5.41) is 4.36. The number of hydrogen-bond donors (Lipinski definition) is 0. The van der Waals surface area contributed by atoms with E-state index in [-0.39, 0.29) is 11.2 Å². The fourth-order valence-corrected chi connectivity index (χ4v) is 5.40. The van der Waals surface area contributed by atoms with E-state index in [1.54, 1.807) is 12.3 Å². The van der Waals surface area contributed by atoms with Crippen LogP contribution < -0.4 is 0 Å². The van der Waals surface area contributed by atoms with Crippen LogP contribution in [0.4, 0.5) is 4.39 Å². The maximum absolute atomic E-state index is 14.1. The Kier molecular flexibility index (Phi) is 5.88. The molecular formula is C26H30FN3O. The monoisotopic (exact) mass is 419 g/mol. The van der Waals surface area contributed by atoms with Crippen molar-refractivity contribution in [2.45, 2.75) is 44.8 Å². The molecule has 2 unspecified atom stereocenters. The molecule has 3 aromatic rings. The highest BCUT2D eigenvalue weighted by Crippen LogP contribution is 2.44. The van der Waals surface area contributed by atoms with Gasteiger partial charge in [-0.05, 0) is 74.0 Å². The first kappa shape index (κ1) is 20.4. The van der Waals surface area contributed by atoms with Gasteiger partial charge in [0.2, 0.25) is 0 Å². The molecular weight excluding hydrogens is 389 g/mol. The highest BCUT2D eigenvalue weighted by atomic mass is 19.1. The first-order chi connectivity index (χ1) is 15.2. The van der Waals surface area contributed by atoms with Gasteiger partial charge in [0.15, 0.2) is 0 Å². The Labute approximate surface area is 183 Å². The van der Waals surface area contributed by atoms with E-state index in [0.717, 1.165) is 69.6 Å². The van der Waals surface area contributed by atoms with Crippen LogP contribution in [0.2, 0.25) is 0 Å². The molecule has 0 bridgehead atoms. The third-order valence-corrected chi connectivity index (χ3v) is 7.02. The van der Waals surface area contributed by atoms with Crippen molar-refractivity contribution in [1.29, 1.82) is 0 Å². The maximum Gasteiger partial charge on any atom is 0.123 e. The van der Waals surface area contributed by atoms with Crippen molar-refractivity contribution in [2.24, 2.45) is 5.41 Å². The predicted molar refractivity (Wildman–Crippen MR) is 120 cm³/mol. The molecule has 0 spiro atoms. The normalized spacial score (nSPS) is 24.1. The summed E-state index contributed by atoms with van der Waals surface area (Å²) >= 11 is 0. The molecule has 2 aromatic carbocycles. The van der Waals surface area contributed by atoms with E-state index in [1.165, 1.54) is 11.6 Å². The second kappa shape index (κ2) is 8.93. The van der Waals surface area contributed by atoms with Crippen molar-refractivity contribution in [1.82, 2.24) is 14.7 Å². The second-order valence-corrected chi connectivity index (χ2v) is 9.03. The molecule has 4 nitrogen and oxygen atoms in total. The largest absolute Gasteiger partial charge is 0.378 e. The summed E-state index contributed by atoms with van der Waals surface area (Å²) in [5.41, 5.74) is 3.50. The highest BCUT2D eigenvalue weighted by Gasteiger charge is 2.45. The fourth-order valence-electron chi connectivity index (χ4n) is 5.40. The van der Waals surface area contributed by atoms with Gasteiger partial charge in [0.05, 0.1) is 11.8 Å². The predicted octanol–water partition coefficient (Wildman–Crippen LogP) is 5.02. The minimum absolute atomic E-state index is 0.172. The number of aryl methyl sites for hydroxylation is 1. The Balaban J connectivity index is 1.35. The van der Waals surface area contributed by atoms with Gasteiger partial charge in [-0.1, -0.05) is 30.3 Å². The third kappa shape index (κ3) is 4.43. The van der Waals surface area contributed by atoms with Crippen molar-refractivity contribution >= 4 is 0 Å². The smallest absolute Gasteiger partial charge is 0.123 e. The molecule has 1 aromatic heterocycles. The number of ether oxygens (including phenoxy) is 1. The van der Waals surface area contributed by atoms with E-state index >= 15 is 0 Å². The second-order valence-electron chi connectivity index (χ2n) is 9.03. The standard InChI is InChI=1S/C26H30FN3O/c27-23-9-10-24(30-15-5-14-28-30)22(18-23)19-29-16-13-26(20-29,25-8-4-17-31-25)12-11-21-6-2-1-3-7-21/h1-3,5-7,9-10,14-15,18,25H,4,8,11-13,16-17,19-20H2. The summed E-state index contributed by atoms with van der Waals surface area (Å²) in [7, 11) is 0. The van der Waals surface area contributed by atoms with Gasteiger partial charge in [0, 0.05) is 37.5 Å². The zero-order valence-corrected chi connectivity index (χ0v) is 17.9. The van der Waals surface area contributed by atoms with E-state index in [0.29, 0.717) is 6.10 Å². The van der Waals surface area contributed by atoms with Gasteiger partial charge >= 0.3 is 0 Å². The lowest BCUT2D eigenvalue weighted by molar-refractivity contribution is -0.00181. The lowest BCUT2D eigenvalue weighted by atomic mass is 9.75. The quantitative estimate of drug-likeness (QED) is 0.539. The lowest BCUT2D eigenvalue weighted by Gasteiger charge is -2.35. The molecule has 162 valence electrons. The van der Waals surface area contributed by atoms with Crippen LogP contribution in [0.3, 0.4) is 0 Å². The van der Waals surface area contributed by atoms with Crippen LogP contribution in [0.5, 0.6) is 0 Å². The molecule has 2 fully saturated rings. The summed E-state index contributed by atoms with van der Waals surface area (Å²) < 4.78 is 22.2. The molecule has 0 N–H and O–H groups in total. The molecule has 0 saturated carbocycles. The minimum atomic E-state index is -0.195. The summed E-state index contributed by atoms with van der Waals surface area (Å²) in [6.45, 7) is 3.63. The minimum Gasteiger partial charge on any atom is -0.378 e. The van der Waals surface area contributed by atoms with Crippen molar-refractivity contribution in [3.05, 3.63) is 83.9 Å². The summed E-state index contributed by atoms with van der Waals surface area (Å²) in [6, 6.07) is 17.7. The van der Waals surface area contributed by atoms with Gasteiger partial charge < -0.3 is 4.74 Å². The number of nitrogens with zero attached hydrogens (tertiary/aromatic N) is 3. The number of hydrogen-bond acceptors (Lipinski definition) is 3. The molecule has 0 aliphatic carbocycles. The number of aromatic nitrogens is 2. The number of likely N-dealkylation sites (tertiary alicyclic amines) is 1. The van der Waals surface area contributed by atoms with Crippen molar-refractivity contribution in [3.8, 4) is 5.69 Å². The molecule has 2 aliphatic rings. The van der Waals surface area contributed by atoms with Crippen LogP contribution in [0, 0.1) is 11.2 Å². The van der Waals surface area contributed by atoms with Crippen molar-refractivity contribution in [2.75, 3.05) is 19.7 Å². The van der Waals surface area contributed by atoms with Gasteiger partial charge in [0.25, 0.3) is 0 Å². The van der Waals surface area contributed by atoms with Crippen LogP contribution in [-0.4, -0.2) is 40.5 Å². The zero-order valence-electron chi connectivity index (χ0n) is 17.9. The van der Waals surface area contributed by atoms with Crippen molar-refractivity contribution in [3.63, 3.8) is 0 Å². The van der Waals surface area contributed by atoms with Crippen molar-refractivity contribution < 1.29 is 9.13 Å². The molecule has 2 saturated heterocycles. The molecule has 2 aliphatic heterocycles. The van der Waals surface area contributed by atoms with Crippen LogP contribution >= 0.6 is 0 Å². The third-order valence-electron chi connectivity index (χ3n) is 7.02. The lowest BCUT2D eigenvalue weighted by Crippen LogP contribution is -2.38. The Morgan fingerprint density at radius 3 is 2.81 bits per heavy atom.